The van der Waals surface area contributed by atoms with E-state index >= 15 is 0 Å². The van der Waals surface area contributed by atoms with Crippen molar-refractivity contribution >= 4 is 10.0 Å². The monoisotopic (exact) mass is 229 g/mol. The SMILES string of the molecule is CC1CC1CN(C)S(=O)(=O)c1cn[nH]c1. The first-order valence-electron chi connectivity index (χ1n) is 4.97. The molecule has 6 heteroatoms. The lowest BCUT2D eigenvalue weighted by Gasteiger charge is -2.15. The third-order valence-electron chi connectivity index (χ3n) is 2.95. The smallest absolute Gasteiger partial charge is 0.245 e. The van der Waals surface area contributed by atoms with E-state index in [-0.39, 0.29) is 4.90 Å². The minimum absolute atomic E-state index is 0.235. The van der Waals surface area contributed by atoms with Gasteiger partial charge in [0.05, 0.1) is 6.20 Å². The molecule has 1 aromatic rings. The van der Waals surface area contributed by atoms with Crippen LogP contribution < -0.4 is 0 Å². The molecule has 2 atom stereocenters. The highest BCUT2D eigenvalue weighted by atomic mass is 32.2. The summed E-state index contributed by atoms with van der Waals surface area (Å²) in [4.78, 5) is 0.235. The van der Waals surface area contributed by atoms with Gasteiger partial charge >= 0.3 is 0 Å². The van der Waals surface area contributed by atoms with Gasteiger partial charge in [0, 0.05) is 19.8 Å². The normalized spacial score (nSPS) is 25.8. The van der Waals surface area contributed by atoms with E-state index in [1.807, 2.05) is 0 Å². The van der Waals surface area contributed by atoms with Crippen LogP contribution in [0.5, 0.6) is 0 Å². The lowest BCUT2D eigenvalue weighted by molar-refractivity contribution is 0.445. The molecule has 84 valence electrons. The van der Waals surface area contributed by atoms with Gasteiger partial charge in [0.25, 0.3) is 0 Å². The highest BCUT2D eigenvalue weighted by Gasteiger charge is 2.36. The Balaban J connectivity index is 2.09. The van der Waals surface area contributed by atoms with Gasteiger partial charge in [0.2, 0.25) is 10.0 Å². The third kappa shape index (κ3) is 2.05. The Hall–Kier alpha value is -0.880. The molecule has 0 aromatic carbocycles. The largest absolute Gasteiger partial charge is 0.284 e. The van der Waals surface area contributed by atoms with Crippen LogP contribution in [-0.4, -0.2) is 36.5 Å². The summed E-state index contributed by atoms with van der Waals surface area (Å²) in [7, 11) is -1.72. The zero-order valence-corrected chi connectivity index (χ0v) is 9.66. The molecule has 1 N–H and O–H groups in total. The summed E-state index contributed by atoms with van der Waals surface area (Å²) in [5.41, 5.74) is 0. The molecule has 0 amide bonds. The van der Waals surface area contributed by atoms with E-state index in [0.717, 1.165) is 6.42 Å². The molecule has 0 aliphatic heterocycles. The number of nitrogens with one attached hydrogen (secondary N) is 1. The Kier molecular flexibility index (Phi) is 2.56. The van der Waals surface area contributed by atoms with E-state index in [2.05, 4.69) is 17.1 Å². The van der Waals surface area contributed by atoms with Gasteiger partial charge in [0.1, 0.15) is 4.90 Å². The summed E-state index contributed by atoms with van der Waals surface area (Å²) in [5.74, 6) is 1.18. The second-order valence-corrected chi connectivity index (χ2v) is 6.24. The van der Waals surface area contributed by atoms with E-state index in [9.17, 15) is 8.42 Å². The zero-order chi connectivity index (χ0) is 11.1. The molecule has 0 spiro atoms. The van der Waals surface area contributed by atoms with Crippen LogP contribution in [0.15, 0.2) is 17.3 Å². The second kappa shape index (κ2) is 3.61. The Morgan fingerprint density at radius 3 is 2.80 bits per heavy atom. The van der Waals surface area contributed by atoms with Crippen molar-refractivity contribution in [2.24, 2.45) is 11.8 Å². The van der Waals surface area contributed by atoms with Gasteiger partial charge in [0.15, 0.2) is 0 Å². The molecule has 0 bridgehead atoms. The van der Waals surface area contributed by atoms with E-state index in [4.69, 9.17) is 0 Å². The number of rotatable bonds is 4. The van der Waals surface area contributed by atoms with Crippen molar-refractivity contribution < 1.29 is 8.42 Å². The second-order valence-electron chi connectivity index (χ2n) is 4.19. The van der Waals surface area contributed by atoms with Crippen molar-refractivity contribution in [2.75, 3.05) is 13.6 Å². The average Bonchev–Trinajstić information content (AvgIpc) is 2.73. The summed E-state index contributed by atoms with van der Waals surface area (Å²) < 4.78 is 25.3. The maximum atomic E-state index is 11.9. The molecular formula is C9H15N3O2S. The standard InChI is InChI=1S/C9H15N3O2S/c1-7-3-8(7)6-12(2)15(13,14)9-4-10-11-5-9/h4-5,7-8H,3,6H2,1-2H3,(H,10,11). The number of aromatic nitrogens is 2. The molecule has 0 radical (unpaired) electrons. The summed E-state index contributed by atoms with van der Waals surface area (Å²) in [6.07, 6.45) is 3.87. The molecule has 1 aromatic heterocycles. The fraction of sp³-hybridized carbons (Fsp3) is 0.667. The van der Waals surface area contributed by atoms with Crippen molar-refractivity contribution in [3.8, 4) is 0 Å². The molecule has 1 aliphatic carbocycles. The molecule has 2 unspecified atom stereocenters. The van der Waals surface area contributed by atoms with Gasteiger partial charge in [-0.3, -0.25) is 5.10 Å². The Bertz CT molecular complexity index is 426. The lowest BCUT2D eigenvalue weighted by atomic mass is 10.3. The van der Waals surface area contributed by atoms with E-state index in [0.29, 0.717) is 18.4 Å². The Labute approximate surface area is 89.5 Å². The quantitative estimate of drug-likeness (QED) is 0.826. The van der Waals surface area contributed by atoms with Crippen molar-refractivity contribution in [1.82, 2.24) is 14.5 Å². The maximum Gasteiger partial charge on any atom is 0.245 e. The minimum atomic E-state index is -3.33. The number of hydrogen-bond acceptors (Lipinski definition) is 3. The summed E-state index contributed by atoms with van der Waals surface area (Å²) in [6, 6.07) is 0. The van der Waals surface area contributed by atoms with Crippen molar-refractivity contribution in [1.29, 1.82) is 0 Å². The summed E-state index contributed by atoms with van der Waals surface area (Å²) >= 11 is 0. The number of nitrogens with zero attached hydrogens (tertiary/aromatic N) is 2. The molecular weight excluding hydrogens is 214 g/mol. The summed E-state index contributed by atoms with van der Waals surface area (Å²) in [5, 5.41) is 6.16. The molecule has 1 fully saturated rings. The number of hydrogen-bond donors (Lipinski definition) is 1. The van der Waals surface area contributed by atoms with Gasteiger partial charge in [-0.15, -0.1) is 0 Å². The number of H-pyrrole nitrogens is 1. The van der Waals surface area contributed by atoms with Crippen LogP contribution in [0, 0.1) is 11.8 Å². The Morgan fingerprint density at radius 2 is 2.33 bits per heavy atom. The molecule has 0 saturated heterocycles. The van der Waals surface area contributed by atoms with Gasteiger partial charge in [-0.25, -0.2) is 12.7 Å². The van der Waals surface area contributed by atoms with Crippen LogP contribution in [0.3, 0.4) is 0 Å². The van der Waals surface area contributed by atoms with Crippen LogP contribution >= 0.6 is 0 Å². The van der Waals surface area contributed by atoms with Crippen LogP contribution in [0.25, 0.3) is 0 Å². The first-order chi connectivity index (χ1) is 7.01. The van der Waals surface area contributed by atoms with Gasteiger partial charge in [-0.1, -0.05) is 6.92 Å². The van der Waals surface area contributed by atoms with Gasteiger partial charge in [-0.2, -0.15) is 5.10 Å². The van der Waals surface area contributed by atoms with Crippen LogP contribution in [0.4, 0.5) is 0 Å². The molecule has 1 heterocycles. The fourth-order valence-electron chi connectivity index (χ4n) is 1.64. The van der Waals surface area contributed by atoms with Crippen molar-refractivity contribution in [3.63, 3.8) is 0 Å². The lowest BCUT2D eigenvalue weighted by Crippen LogP contribution is -2.29. The van der Waals surface area contributed by atoms with Crippen molar-refractivity contribution in [2.45, 2.75) is 18.2 Å². The highest BCUT2D eigenvalue weighted by molar-refractivity contribution is 7.89. The first kappa shape index (κ1) is 10.6. The zero-order valence-electron chi connectivity index (χ0n) is 8.84. The van der Waals surface area contributed by atoms with Crippen LogP contribution in [0.2, 0.25) is 0 Å². The molecule has 2 rings (SSSR count). The topological polar surface area (TPSA) is 66.1 Å². The van der Waals surface area contributed by atoms with Crippen LogP contribution in [-0.2, 0) is 10.0 Å². The number of sulfonamides is 1. The van der Waals surface area contributed by atoms with E-state index in [1.165, 1.54) is 16.7 Å². The van der Waals surface area contributed by atoms with Crippen molar-refractivity contribution in [3.05, 3.63) is 12.4 Å². The summed E-state index contributed by atoms with van der Waals surface area (Å²) in [6.45, 7) is 2.75. The molecule has 1 saturated carbocycles. The fourth-order valence-corrected chi connectivity index (χ4v) is 2.78. The first-order valence-corrected chi connectivity index (χ1v) is 6.41. The van der Waals surface area contributed by atoms with E-state index < -0.39 is 10.0 Å². The number of aromatic amines is 1. The third-order valence-corrected chi connectivity index (χ3v) is 4.74. The Morgan fingerprint density at radius 1 is 1.67 bits per heavy atom. The van der Waals surface area contributed by atoms with Crippen LogP contribution in [0.1, 0.15) is 13.3 Å². The predicted molar refractivity (Wildman–Crippen MR) is 55.7 cm³/mol. The van der Waals surface area contributed by atoms with Gasteiger partial charge < -0.3 is 0 Å². The van der Waals surface area contributed by atoms with E-state index in [1.54, 1.807) is 7.05 Å². The molecule has 1 aliphatic rings. The van der Waals surface area contributed by atoms with Gasteiger partial charge in [-0.05, 0) is 18.3 Å². The predicted octanol–water partition coefficient (Wildman–Crippen LogP) is 0.686. The minimum Gasteiger partial charge on any atom is -0.284 e. The maximum absolute atomic E-state index is 11.9. The average molecular weight is 229 g/mol. The molecule has 5 nitrogen and oxygen atoms in total. The molecule has 15 heavy (non-hydrogen) atoms. The highest BCUT2D eigenvalue weighted by Crippen LogP contribution is 2.38.